The smallest absolute Gasteiger partial charge is 0.290 e. The molecule has 0 N–H and O–H groups in total. The van der Waals surface area contributed by atoms with E-state index in [-0.39, 0.29) is 0 Å². The number of furan rings is 1. The van der Waals surface area contributed by atoms with Gasteiger partial charge in [0.05, 0.1) is 12.6 Å². The number of piperidine rings is 1. The third kappa shape index (κ3) is 3.49. The van der Waals surface area contributed by atoms with E-state index < -0.39 is 0 Å². The minimum Gasteiger partial charge on any atom is -0.429 e. The second-order valence-electron chi connectivity index (χ2n) is 6.02. The van der Waals surface area contributed by atoms with Crippen LogP contribution in [0, 0.1) is 0 Å². The zero-order valence-corrected chi connectivity index (χ0v) is 13.4. The summed E-state index contributed by atoms with van der Waals surface area (Å²) in [4.78, 5) is 6.43. The number of ether oxygens (including phenoxy) is 1. The first kappa shape index (κ1) is 15.0. The number of likely N-dealkylation sites (tertiary alicyclic amines) is 1. The Morgan fingerprint density at radius 3 is 2.67 bits per heavy atom. The number of nitrogens with zero attached hydrogens (tertiary/aromatic N) is 4. The van der Waals surface area contributed by atoms with E-state index >= 15 is 0 Å². The molecule has 4 rings (SSSR count). The molecule has 124 valence electrons. The quantitative estimate of drug-likeness (QED) is 0.719. The van der Waals surface area contributed by atoms with Gasteiger partial charge in [-0.15, -0.1) is 0 Å². The molecule has 1 aromatic carbocycles. The number of hydrogen-bond donors (Lipinski definition) is 0. The van der Waals surface area contributed by atoms with Gasteiger partial charge in [0.25, 0.3) is 5.95 Å². The number of para-hydroxylation sites is 1. The van der Waals surface area contributed by atoms with Gasteiger partial charge in [-0.1, -0.05) is 18.2 Å². The fourth-order valence-electron chi connectivity index (χ4n) is 3.07. The van der Waals surface area contributed by atoms with E-state index in [1.54, 1.807) is 12.7 Å². The standard InChI is InChI=1S/C18H20N4O2/c1-2-4-16(5-3-1)23-18-7-6-17(24-18)12-21-10-8-15(9-11-21)22-14-19-13-20-22/h1-7,13-15H,8-12H2. The first-order chi connectivity index (χ1) is 11.9. The van der Waals surface area contributed by atoms with E-state index in [4.69, 9.17) is 9.15 Å². The second kappa shape index (κ2) is 6.88. The lowest BCUT2D eigenvalue weighted by Gasteiger charge is -2.31. The fourth-order valence-corrected chi connectivity index (χ4v) is 3.07. The third-order valence-corrected chi connectivity index (χ3v) is 4.35. The molecule has 1 aliphatic heterocycles. The van der Waals surface area contributed by atoms with Crippen LogP contribution in [0.1, 0.15) is 24.6 Å². The molecule has 0 saturated carbocycles. The lowest BCUT2D eigenvalue weighted by Crippen LogP contribution is -2.34. The van der Waals surface area contributed by atoms with Crippen molar-refractivity contribution in [1.82, 2.24) is 19.7 Å². The molecule has 0 radical (unpaired) electrons. The van der Waals surface area contributed by atoms with Crippen LogP contribution in [-0.4, -0.2) is 32.8 Å². The Labute approximate surface area is 140 Å². The van der Waals surface area contributed by atoms with E-state index in [1.807, 2.05) is 47.1 Å². The molecule has 0 amide bonds. The van der Waals surface area contributed by atoms with Gasteiger partial charge in [0, 0.05) is 19.2 Å². The Bertz CT molecular complexity index is 746. The van der Waals surface area contributed by atoms with Crippen molar-refractivity contribution in [2.45, 2.75) is 25.4 Å². The van der Waals surface area contributed by atoms with Gasteiger partial charge in [-0.25, -0.2) is 9.67 Å². The highest BCUT2D eigenvalue weighted by Gasteiger charge is 2.21. The molecule has 6 heteroatoms. The van der Waals surface area contributed by atoms with Crippen molar-refractivity contribution in [2.24, 2.45) is 0 Å². The van der Waals surface area contributed by atoms with E-state index in [1.165, 1.54) is 0 Å². The summed E-state index contributed by atoms with van der Waals surface area (Å²) in [5.41, 5.74) is 0. The molecular weight excluding hydrogens is 304 g/mol. The molecule has 0 spiro atoms. The van der Waals surface area contributed by atoms with E-state index in [0.717, 1.165) is 44.0 Å². The van der Waals surface area contributed by atoms with Gasteiger partial charge < -0.3 is 9.15 Å². The summed E-state index contributed by atoms with van der Waals surface area (Å²) in [7, 11) is 0. The van der Waals surface area contributed by atoms with Gasteiger partial charge in [-0.3, -0.25) is 4.90 Å². The zero-order chi connectivity index (χ0) is 16.2. The molecule has 3 heterocycles. The summed E-state index contributed by atoms with van der Waals surface area (Å²) < 4.78 is 13.5. The Balaban J connectivity index is 1.30. The molecule has 2 aromatic heterocycles. The van der Waals surface area contributed by atoms with Gasteiger partial charge in [-0.05, 0) is 31.0 Å². The highest BCUT2D eigenvalue weighted by molar-refractivity contribution is 5.26. The number of benzene rings is 1. The lowest BCUT2D eigenvalue weighted by molar-refractivity contribution is 0.160. The summed E-state index contributed by atoms with van der Waals surface area (Å²) in [5.74, 6) is 2.25. The van der Waals surface area contributed by atoms with Crippen LogP contribution in [0.3, 0.4) is 0 Å². The van der Waals surface area contributed by atoms with Crippen LogP contribution in [0.25, 0.3) is 0 Å². The van der Waals surface area contributed by atoms with E-state index in [9.17, 15) is 0 Å². The molecule has 1 aliphatic rings. The normalized spacial score (nSPS) is 16.3. The topological polar surface area (TPSA) is 56.3 Å². The number of aromatic nitrogens is 3. The minimum absolute atomic E-state index is 0.456. The van der Waals surface area contributed by atoms with Crippen LogP contribution in [0.4, 0.5) is 0 Å². The molecular formula is C18H20N4O2. The molecule has 3 aromatic rings. The van der Waals surface area contributed by atoms with Crippen LogP contribution in [0.2, 0.25) is 0 Å². The van der Waals surface area contributed by atoms with Crippen molar-refractivity contribution in [1.29, 1.82) is 0 Å². The van der Waals surface area contributed by atoms with Crippen LogP contribution in [0.15, 0.2) is 59.5 Å². The summed E-state index contributed by atoms with van der Waals surface area (Å²) in [6.45, 7) is 2.86. The van der Waals surface area contributed by atoms with Gasteiger partial charge in [0.15, 0.2) is 0 Å². The molecule has 0 bridgehead atoms. The summed E-state index contributed by atoms with van der Waals surface area (Å²) in [6, 6.07) is 14.0. The zero-order valence-electron chi connectivity index (χ0n) is 13.4. The van der Waals surface area contributed by atoms with Crippen molar-refractivity contribution >= 4 is 0 Å². The Morgan fingerprint density at radius 1 is 1.08 bits per heavy atom. The molecule has 1 saturated heterocycles. The maximum absolute atomic E-state index is 5.80. The van der Waals surface area contributed by atoms with Gasteiger partial charge in [-0.2, -0.15) is 5.10 Å². The Kier molecular flexibility index (Phi) is 4.29. The number of hydrogen-bond acceptors (Lipinski definition) is 5. The Hall–Kier alpha value is -2.60. The van der Waals surface area contributed by atoms with Crippen molar-refractivity contribution in [3.8, 4) is 11.7 Å². The maximum atomic E-state index is 5.80. The van der Waals surface area contributed by atoms with E-state index in [2.05, 4.69) is 15.0 Å². The number of rotatable bonds is 5. The van der Waals surface area contributed by atoms with Crippen molar-refractivity contribution in [2.75, 3.05) is 13.1 Å². The fraction of sp³-hybridized carbons (Fsp3) is 0.333. The molecule has 24 heavy (non-hydrogen) atoms. The predicted octanol–water partition coefficient (Wildman–Crippen LogP) is 3.50. The molecule has 0 unspecified atom stereocenters. The first-order valence-corrected chi connectivity index (χ1v) is 8.25. The second-order valence-corrected chi connectivity index (χ2v) is 6.02. The molecule has 1 fully saturated rings. The molecule has 0 atom stereocenters. The minimum atomic E-state index is 0.456. The predicted molar refractivity (Wildman–Crippen MR) is 88.8 cm³/mol. The maximum Gasteiger partial charge on any atom is 0.290 e. The van der Waals surface area contributed by atoms with Gasteiger partial charge >= 0.3 is 0 Å². The van der Waals surface area contributed by atoms with Crippen LogP contribution >= 0.6 is 0 Å². The highest BCUT2D eigenvalue weighted by Crippen LogP contribution is 2.26. The van der Waals surface area contributed by atoms with Crippen LogP contribution in [-0.2, 0) is 6.54 Å². The monoisotopic (exact) mass is 324 g/mol. The summed E-state index contributed by atoms with van der Waals surface area (Å²) in [6.07, 6.45) is 5.57. The third-order valence-electron chi connectivity index (χ3n) is 4.35. The van der Waals surface area contributed by atoms with Crippen LogP contribution < -0.4 is 4.74 Å². The molecule has 6 nitrogen and oxygen atoms in total. The van der Waals surface area contributed by atoms with Gasteiger partial charge in [0.2, 0.25) is 0 Å². The average molecular weight is 324 g/mol. The van der Waals surface area contributed by atoms with Gasteiger partial charge in [0.1, 0.15) is 24.2 Å². The van der Waals surface area contributed by atoms with Crippen molar-refractivity contribution < 1.29 is 9.15 Å². The largest absolute Gasteiger partial charge is 0.429 e. The van der Waals surface area contributed by atoms with Crippen LogP contribution in [0.5, 0.6) is 11.7 Å². The first-order valence-electron chi connectivity index (χ1n) is 8.25. The highest BCUT2D eigenvalue weighted by atomic mass is 16.6. The average Bonchev–Trinajstić information content (AvgIpc) is 3.29. The summed E-state index contributed by atoms with van der Waals surface area (Å²) in [5, 5.41) is 4.24. The van der Waals surface area contributed by atoms with E-state index in [0.29, 0.717) is 12.0 Å². The lowest BCUT2D eigenvalue weighted by atomic mass is 10.1. The summed E-state index contributed by atoms with van der Waals surface area (Å²) >= 11 is 0. The molecule has 0 aliphatic carbocycles. The van der Waals surface area contributed by atoms with Crippen molar-refractivity contribution in [3.05, 3.63) is 60.9 Å². The Morgan fingerprint density at radius 2 is 1.92 bits per heavy atom. The van der Waals surface area contributed by atoms with Crippen molar-refractivity contribution in [3.63, 3.8) is 0 Å². The SMILES string of the molecule is c1ccc(Oc2ccc(CN3CCC(n4cncn4)CC3)o2)cc1.